The third kappa shape index (κ3) is 3.74. The third-order valence-electron chi connectivity index (χ3n) is 3.12. The number of aromatic nitrogens is 5. The van der Waals surface area contributed by atoms with Gasteiger partial charge in [-0.05, 0) is 41.5 Å². The lowest BCUT2D eigenvalue weighted by Gasteiger charge is -2.06. The number of hydrogen-bond donors (Lipinski definition) is 1. The molecule has 0 atom stereocenters. The number of rotatable bonds is 6. The first-order chi connectivity index (χ1) is 12.1. The van der Waals surface area contributed by atoms with Gasteiger partial charge in [-0.1, -0.05) is 16.8 Å². The van der Waals surface area contributed by atoms with Crippen LogP contribution in [-0.4, -0.2) is 37.9 Å². The van der Waals surface area contributed by atoms with Gasteiger partial charge in [-0.15, -0.1) is 16.9 Å². The molecular formula is C14H13ClN6O3S. The summed E-state index contributed by atoms with van der Waals surface area (Å²) in [5, 5.41) is 15.7. The number of nitrogens with two attached hydrogens (primary N) is 1. The Kier molecular flexibility index (Phi) is 5.19. The van der Waals surface area contributed by atoms with E-state index in [2.05, 4.69) is 25.3 Å². The maximum Gasteiger partial charge on any atom is 0.360 e. The topological polar surface area (TPSA) is 122 Å². The van der Waals surface area contributed by atoms with Crippen molar-refractivity contribution >= 4 is 35.1 Å². The fourth-order valence-electron chi connectivity index (χ4n) is 1.98. The zero-order chi connectivity index (χ0) is 17.8. The van der Waals surface area contributed by atoms with Crippen molar-refractivity contribution in [2.24, 2.45) is 0 Å². The molecule has 0 spiro atoms. The second-order valence-corrected chi connectivity index (χ2v) is 6.22. The molecule has 0 aliphatic carbocycles. The molecule has 2 aromatic heterocycles. The average molecular weight is 381 g/mol. The minimum atomic E-state index is -0.574. The highest BCUT2D eigenvalue weighted by molar-refractivity contribution is 7.98. The van der Waals surface area contributed by atoms with Crippen molar-refractivity contribution in [3.63, 3.8) is 0 Å². The maximum atomic E-state index is 12.1. The van der Waals surface area contributed by atoms with Gasteiger partial charge in [0.05, 0.1) is 12.3 Å². The van der Waals surface area contributed by atoms with E-state index in [0.717, 1.165) is 4.90 Å². The van der Waals surface area contributed by atoms with Crippen LogP contribution in [0.1, 0.15) is 23.1 Å². The fourth-order valence-corrected chi connectivity index (χ4v) is 3.00. The smallest absolute Gasteiger partial charge is 0.360 e. The number of carbonyl (C=O) groups excluding carboxylic acids is 1. The zero-order valence-corrected chi connectivity index (χ0v) is 14.6. The Labute approximate surface area is 151 Å². The number of carbonyl (C=O) groups is 1. The second kappa shape index (κ2) is 7.53. The molecule has 0 amide bonds. The van der Waals surface area contributed by atoms with Crippen LogP contribution in [0.15, 0.2) is 33.8 Å². The molecule has 3 rings (SSSR count). The van der Waals surface area contributed by atoms with Crippen molar-refractivity contribution < 1.29 is 14.2 Å². The molecule has 0 aliphatic rings. The first-order valence-electron chi connectivity index (χ1n) is 7.18. The summed E-state index contributed by atoms with van der Waals surface area (Å²) in [6.45, 7) is 1.94. The molecule has 25 heavy (non-hydrogen) atoms. The number of esters is 1. The molecule has 9 nitrogen and oxygen atoms in total. The molecule has 11 heteroatoms. The first-order valence-corrected chi connectivity index (χ1v) is 8.55. The quantitative estimate of drug-likeness (QED) is 0.507. The van der Waals surface area contributed by atoms with Crippen LogP contribution in [0, 0.1) is 0 Å². The van der Waals surface area contributed by atoms with Gasteiger partial charge < -0.3 is 10.5 Å². The van der Waals surface area contributed by atoms with E-state index in [1.165, 1.54) is 16.4 Å². The van der Waals surface area contributed by atoms with E-state index >= 15 is 0 Å². The van der Waals surface area contributed by atoms with Gasteiger partial charge >= 0.3 is 5.97 Å². The Hall–Kier alpha value is -2.59. The Bertz CT molecular complexity index is 879. The maximum absolute atomic E-state index is 12.1. The molecule has 0 radical (unpaired) electrons. The Balaban J connectivity index is 1.93. The van der Waals surface area contributed by atoms with Gasteiger partial charge in [-0.2, -0.15) is 4.68 Å². The highest BCUT2D eigenvalue weighted by Crippen LogP contribution is 2.27. The standard InChI is InChI=1S/C14H13ClN6O3S/c1-2-23-14(22)11-10(7-25-9-5-3-8(15)4-6-9)21(20-17-11)13-12(16)18-24-19-13/h3-6H,2,7H2,1H3,(H2,16,18). The molecule has 0 fully saturated rings. The normalized spacial score (nSPS) is 10.8. The molecular weight excluding hydrogens is 368 g/mol. The summed E-state index contributed by atoms with van der Waals surface area (Å²) >= 11 is 7.36. The highest BCUT2D eigenvalue weighted by atomic mass is 35.5. The first kappa shape index (κ1) is 17.2. The van der Waals surface area contributed by atoms with E-state index in [0.29, 0.717) is 16.5 Å². The lowest BCUT2D eigenvalue weighted by molar-refractivity contribution is 0.0518. The molecule has 0 saturated heterocycles. The van der Waals surface area contributed by atoms with Crippen molar-refractivity contribution in [2.45, 2.75) is 17.6 Å². The monoisotopic (exact) mass is 380 g/mol. The van der Waals surface area contributed by atoms with Gasteiger partial charge in [0.25, 0.3) is 0 Å². The van der Waals surface area contributed by atoms with E-state index in [9.17, 15) is 4.79 Å². The second-order valence-electron chi connectivity index (χ2n) is 4.73. The molecule has 0 saturated carbocycles. The Morgan fingerprint density at radius 3 is 2.76 bits per heavy atom. The van der Waals surface area contributed by atoms with E-state index < -0.39 is 5.97 Å². The van der Waals surface area contributed by atoms with E-state index in [4.69, 9.17) is 22.1 Å². The van der Waals surface area contributed by atoms with Crippen molar-refractivity contribution in [1.29, 1.82) is 0 Å². The summed E-state index contributed by atoms with van der Waals surface area (Å²) in [6, 6.07) is 7.31. The van der Waals surface area contributed by atoms with Crippen LogP contribution < -0.4 is 5.73 Å². The van der Waals surface area contributed by atoms with E-state index in [1.807, 2.05) is 12.1 Å². The Morgan fingerprint density at radius 2 is 2.12 bits per heavy atom. The molecule has 130 valence electrons. The van der Waals surface area contributed by atoms with Crippen LogP contribution in [0.5, 0.6) is 0 Å². The minimum Gasteiger partial charge on any atom is -0.461 e. The molecule has 0 unspecified atom stereocenters. The SMILES string of the molecule is CCOC(=O)c1nnn(-c2nonc2N)c1CSc1ccc(Cl)cc1. The van der Waals surface area contributed by atoms with E-state index in [1.54, 1.807) is 19.1 Å². The number of thioether (sulfide) groups is 1. The predicted molar refractivity (Wildman–Crippen MR) is 90.6 cm³/mol. The number of anilines is 1. The van der Waals surface area contributed by atoms with Gasteiger partial charge in [0, 0.05) is 15.7 Å². The van der Waals surface area contributed by atoms with Crippen molar-refractivity contribution in [3.8, 4) is 5.82 Å². The number of hydrogen-bond acceptors (Lipinski definition) is 9. The molecule has 1 aromatic carbocycles. The molecule has 3 aromatic rings. The van der Waals surface area contributed by atoms with Gasteiger partial charge in [0.2, 0.25) is 11.6 Å². The summed E-state index contributed by atoms with van der Waals surface area (Å²) in [4.78, 5) is 13.1. The van der Waals surface area contributed by atoms with Crippen LogP contribution in [0.4, 0.5) is 5.82 Å². The summed E-state index contributed by atoms with van der Waals surface area (Å²) in [5.41, 5.74) is 6.28. The van der Waals surface area contributed by atoms with Gasteiger partial charge in [-0.25, -0.2) is 9.42 Å². The van der Waals surface area contributed by atoms with Crippen molar-refractivity contribution in [1.82, 2.24) is 25.3 Å². The fraction of sp³-hybridized carbons (Fsp3) is 0.214. The largest absolute Gasteiger partial charge is 0.461 e. The van der Waals surface area contributed by atoms with Gasteiger partial charge in [-0.3, -0.25) is 0 Å². The minimum absolute atomic E-state index is 0.0399. The average Bonchev–Trinajstić information content (AvgIpc) is 3.20. The van der Waals surface area contributed by atoms with Crippen LogP contribution in [0.3, 0.4) is 0 Å². The van der Waals surface area contributed by atoms with Crippen molar-refractivity contribution in [3.05, 3.63) is 40.7 Å². The van der Waals surface area contributed by atoms with Crippen LogP contribution in [-0.2, 0) is 10.5 Å². The number of halogens is 1. The lowest BCUT2D eigenvalue weighted by Crippen LogP contribution is -2.10. The number of nitrogen functional groups attached to an aromatic ring is 1. The molecule has 0 bridgehead atoms. The molecule has 2 heterocycles. The molecule has 0 aliphatic heterocycles. The number of benzene rings is 1. The van der Waals surface area contributed by atoms with Crippen LogP contribution in [0.25, 0.3) is 5.82 Å². The molecule has 2 N–H and O–H groups in total. The van der Waals surface area contributed by atoms with E-state index in [-0.39, 0.29) is 23.9 Å². The summed E-state index contributed by atoms with van der Waals surface area (Å²) < 4.78 is 10.9. The number of nitrogens with zero attached hydrogens (tertiary/aromatic N) is 5. The van der Waals surface area contributed by atoms with Crippen LogP contribution in [0.2, 0.25) is 5.02 Å². The lowest BCUT2D eigenvalue weighted by atomic mass is 10.3. The third-order valence-corrected chi connectivity index (χ3v) is 4.39. The summed E-state index contributed by atoms with van der Waals surface area (Å²) in [7, 11) is 0. The summed E-state index contributed by atoms with van der Waals surface area (Å²) in [5.74, 6) is -0.00184. The number of ether oxygens (including phenoxy) is 1. The van der Waals surface area contributed by atoms with Gasteiger partial charge in [0.1, 0.15) is 0 Å². The van der Waals surface area contributed by atoms with Crippen LogP contribution >= 0.6 is 23.4 Å². The van der Waals surface area contributed by atoms with Gasteiger partial charge in [0.15, 0.2) is 5.69 Å². The van der Waals surface area contributed by atoms with Crippen molar-refractivity contribution in [2.75, 3.05) is 12.3 Å². The Morgan fingerprint density at radius 1 is 1.36 bits per heavy atom. The highest BCUT2D eigenvalue weighted by Gasteiger charge is 2.24. The zero-order valence-electron chi connectivity index (χ0n) is 13.0. The summed E-state index contributed by atoms with van der Waals surface area (Å²) in [6.07, 6.45) is 0. The predicted octanol–water partition coefficient (Wildman–Crippen LogP) is 2.35.